The fraction of sp³-hybridized carbons (Fsp3) is 0.286. The standard InChI is InChI=1S/C14H13ClN2O2S/c15-11-3-1-10(2-4-11)9-12-13(18)16-14(20-12)17-5-7-19-8-6-17/h1-4,9H,5-8H2/b12-9-. The van der Waals surface area contributed by atoms with Crippen molar-refractivity contribution in [3.63, 3.8) is 0 Å². The number of halogens is 1. The van der Waals surface area contributed by atoms with Gasteiger partial charge in [0, 0.05) is 18.1 Å². The topological polar surface area (TPSA) is 41.9 Å². The van der Waals surface area contributed by atoms with Crippen molar-refractivity contribution in [2.75, 3.05) is 26.3 Å². The summed E-state index contributed by atoms with van der Waals surface area (Å²) in [7, 11) is 0. The van der Waals surface area contributed by atoms with Crippen LogP contribution in [0, 0.1) is 0 Å². The number of morpholine rings is 1. The summed E-state index contributed by atoms with van der Waals surface area (Å²) in [6.45, 7) is 2.94. The number of amides is 1. The minimum absolute atomic E-state index is 0.175. The van der Waals surface area contributed by atoms with Gasteiger partial charge in [0.2, 0.25) is 0 Å². The highest BCUT2D eigenvalue weighted by Gasteiger charge is 2.26. The van der Waals surface area contributed by atoms with Gasteiger partial charge in [0.05, 0.1) is 18.1 Å². The van der Waals surface area contributed by atoms with E-state index in [4.69, 9.17) is 16.3 Å². The SMILES string of the molecule is O=C1N=C(N2CCOCC2)S/C1=C\c1ccc(Cl)cc1. The Hall–Kier alpha value is -1.30. The average molecular weight is 309 g/mol. The van der Waals surface area contributed by atoms with Crippen molar-refractivity contribution in [2.24, 2.45) is 4.99 Å². The van der Waals surface area contributed by atoms with Crippen LogP contribution in [0.4, 0.5) is 0 Å². The molecule has 0 bridgehead atoms. The van der Waals surface area contributed by atoms with E-state index in [9.17, 15) is 4.79 Å². The van der Waals surface area contributed by atoms with E-state index in [1.165, 1.54) is 11.8 Å². The quantitative estimate of drug-likeness (QED) is 0.748. The lowest BCUT2D eigenvalue weighted by Gasteiger charge is -2.27. The summed E-state index contributed by atoms with van der Waals surface area (Å²) in [6.07, 6.45) is 1.85. The fourth-order valence-electron chi connectivity index (χ4n) is 2.00. The molecule has 6 heteroatoms. The summed E-state index contributed by atoms with van der Waals surface area (Å²) in [6, 6.07) is 7.38. The molecule has 104 valence electrons. The van der Waals surface area contributed by atoms with Gasteiger partial charge in [-0.25, -0.2) is 0 Å². The molecular formula is C14H13ClN2O2S. The summed E-state index contributed by atoms with van der Waals surface area (Å²) in [5.74, 6) is -0.175. The summed E-state index contributed by atoms with van der Waals surface area (Å²) in [5.41, 5.74) is 0.948. The Labute approximate surface area is 126 Å². The lowest BCUT2D eigenvalue weighted by Crippen LogP contribution is -2.38. The highest BCUT2D eigenvalue weighted by Crippen LogP contribution is 2.30. The molecule has 1 fully saturated rings. The van der Waals surface area contributed by atoms with Crippen LogP contribution in [0.2, 0.25) is 5.02 Å². The Morgan fingerprint density at radius 3 is 2.65 bits per heavy atom. The number of carbonyl (C=O) groups is 1. The summed E-state index contributed by atoms with van der Waals surface area (Å²) in [5, 5.41) is 1.46. The van der Waals surface area contributed by atoms with Crippen LogP contribution in [0.25, 0.3) is 6.08 Å². The number of ether oxygens (including phenoxy) is 1. The van der Waals surface area contributed by atoms with Crippen molar-refractivity contribution in [1.29, 1.82) is 0 Å². The summed E-state index contributed by atoms with van der Waals surface area (Å²) >= 11 is 7.27. The van der Waals surface area contributed by atoms with E-state index < -0.39 is 0 Å². The monoisotopic (exact) mass is 308 g/mol. The number of benzene rings is 1. The zero-order valence-corrected chi connectivity index (χ0v) is 12.3. The van der Waals surface area contributed by atoms with E-state index in [0.29, 0.717) is 23.1 Å². The molecule has 0 atom stereocenters. The second-order valence-electron chi connectivity index (χ2n) is 4.46. The third-order valence-corrected chi connectivity index (χ3v) is 4.36. The predicted octanol–water partition coefficient (Wildman–Crippen LogP) is 2.64. The Bertz CT molecular complexity index is 577. The molecule has 0 aromatic heterocycles. The first kappa shape index (κ1) is 13.7. The second-order valence-corrected chi connectivity index (χ2v) is 5.91. The number of rotatable bonds is 1. The number of thioether (sulfide) groups is 1. The van der Waals surface area contributed by atoms with E-state index in [2.05, 4.69) is 9.89 Å². The highest BCUT2D eigenvalue weighted by atomic mass is 35.5. The molecule has 20 heavy (non-hydrogen) atoms. The number of hydrogen-bond donors (Lipinski definition) is 0. The van der Waals surface area contributed by atoms with Gasteiger partial charge in [0.15, 0.2) is 5.17 Å². The maximum atomic E-state index is 11.9. The van der Waals surface area contributed by atoms with Crippen LogP contribution in [0.5, 0.6) is 0 Å². The number of aliphatic imine (C=N–C) groups is 1. The van der Waals surface area contributed by atoms with E-state index >= 15 is 0 Å². The van der Waals surface area contributed by atoms with Crippen LogP contribution >= 0.6 is 23.4 Å². The molecular weight excluding hydrogens is 296 g/mol. The van der Waals surface area contributed by atoms with Crippen molar-refractivity contribution >= 4 is 40.5 Å². The number of carbonyl (C=O) groups excluding carboxylic acids is 1. The van der Waals surface area contributed by atoms with Gasteiger partial charge in [-0.3, -0.25) is 4.79 Å². The molecule has 0 radical (unpaired) electrons. The van der Waals surface area contributed by atoms with Gasteiger partial charge in [0.1, 0.15) is 0 Å². The van der Waals surface area contributed by atoms with Crippen molar-refractivity contribution in [3.05, 3.63) is 39.8 Å². The predicted molar refractivity (Wildman–Crippen MR) is 81.9 cm³/mol. The van der Waals surface area contributed by atoms with Gasteiger partial charge >= 0.3 is 0 Å². The molecule has 0 spiro atoms. The summed E-state index contributed by atoms with van der Waals surface area (Å²) in [4.78, 5) is 18.8. The average Bonchev–Trinajstić information content (AvgIpc) is 2.84. The zero-order valence-electron chi connectivity index (χ0n) is 10.7. The lowest BCUT2D eigenvalue weighted by atomic mass is 10.2. The van der Waals surface area contributed by atoms with E-state index in [0.717, 1.165) is 23.8 Å². The van der Waals surface area contributed by atoms with Gasteiger partial charge in [-0.05, 0) is 35.5 Å². The van der Waals surface area contributed by atoms with Gasteiger partial charge < -0.3 is 9.64 Å². The molecule has 4 nitrogen and oxygen atoms in total. The molecule has 0 unspecified atom stereocenters. The van der Waals surface area contributed by atoms with E-state index in [-0.39, 0.29) is 5.91 Å². The van der Waals surface area contributed by atoms with Crippen molar-refractivity contribution in [2.45, 2.75) is 0 Å². The molecule has 2 aliphatic rings. The third kappa shape index (κ3) is 3.06. The van der Waals surface area contributed by atoms with Crippen molar-refractivity contribution in [1.82, 2.24) is 4.90 Å². The van der Waals surface area contributed by atoms with Gasteiger partial charge in [-0.1, -0.05) is 23.7 Å². The Balaban J connectivity index is 1.74. The highest BCUT2D eigenvalue weighted by molar-refractivity contribution is 8.18. The van der Waals surface area contributed by atoms with E-state index in [1.807, 2.05) is 30.3 Å². The zero-order chi connectivity index (χ0) is 13.9. The third-order valence-electron chi connectivity index (χ3n) is 3.06. The number of hydrogen-bond acceptors (Lipinski definition) is 4. The Morgan fingerprint density at radius 2 is 1.95 bits per heavy atom. The van der Waals surface area contributed by atoms with Gasteiger partial charge in [0.25, 0.3) is 5.91 Å². The molecule has 1 saturated heterocycles. The van der Waals surface area contributed by atoms with Crippen LogP contribution in [0.3, 0.4) is 0 Å². The normalized spacial score (nSPS) is 21.4. The van der Waals surface area contributed by atoms with Crippen LogP contribution in [0.15, 0.2) is 34.2 Å². The molecule has 0 saturated carbocycles. The van der Waals surface area contributed by atoms with Crippen molar-refractivity contribution in [3.8, 4) is 0 Å². The molecule has 0 aliphatic carbocycles. The fourth-order valence-corrected chi connectivity index (χ4v) is 3.09. The van der Waals surface area contributed by atoms with E-state index in [1.54, 1.807) is 0 Å². The molecule has 1 aromatic carbocycles. The Kier molecular flexibility index (Phi) is 4.10. The largest absolute Gasteiger partial charge is 0.378 e. The van der Waals surface area contributed by atoms with Crippen LogP contribution in [-0.2, 0) is 9.53 Å². The second kappa shape index (κ2) is 5.99. The van der Waals surface area contributed by atoms with Crippen LogP contribution < -0.4 is 0 Å². The minimum Gasteiger partial charge on any atom is -0.378 e. The number of amidine groups is 1. The summed E-state index contributed by atoms with van der Waals surface area (Å²) < 4.78 is 5.30. The molecule has 3 rings (SSSR count). The molecule has 2 aliphatic heterocycles. The first-order valence-electron chi connectivity index (χ1n) is 6.33. The molecule has 0 N–H and O–H groups in total. The van der Waals surface area contributed by atoms with Crippen LogP contribution in [0.1, 0.15) is 5.56 Å². The lowest BCUT2D eigenvalue weighted by molar-refractivity contribution is -0.113. The van der Waals surface area contributed by atoms with Crippen molar-refractivity contribution < 1.29 is 9.53 Å². The Morgan fingerprint density at radius 1 is 1.25 bits per heavy atom. The maximum absolute atomic E-state index is 11.9. The first-order valence-corrected chi connectivity index (χ1v) is 7.53. The first-order chi connectivity index (χ1) is 9.72. The van der Waals surface area contributed by atoms with Crippen LogP contribution in [-0.4, -0.2) is 42.3 Å². The molecule has 1 amide bonds. The number of nitrogens with zero attached hydrogens (tertiary/aromatic N) is 2. The smallest absolute Gasteiger partial charge is 0.286 e. The van der Waals surface area contributed by atoms with Gasteiger partial charge in [-0.15, -0.1) is 0 Å². The molecule has 2 heterocycles. The minimum atomic E-state index is -0.175. The maximum Gasteiger partial charge on any atom is 0.286 e. The van der Waals surface area contributed by atoms with Gasteiger partial charge in [-0.2, -0.15) is 4.99 Å². The molecule has 1 aromatic rings.